The van der Waals surface area contributed by atoms with Crippen molar-refractivity contribution in [3.8, 4) is 0 Å². The van der Waals surface area contributed by atoms with E-state index < -0.39 is 12.8 Å². The van der Waals surface area contributed by atoms with Crippen LogP contribution in [0.4, 0.5) is 0 Å². The van der Waals surface area contributed by atoms with E-state index in [4.69, 9.17) is 36.8 Å². The predicted molar refractivity (Wildman–Crippen MR) is 105 cm³/mol. The Kier molecular flexibility index (Phi) is 12.0. The van der Waals surface area contributed by atoms with Gasteiger partial charge in [-0.25, -0.2) is 0 Å². The van der Waals surface area contributed by atoms with Crippen molar-refractivity contribution in [1.29, 1.82) is 0 Å². The van der Waals surface area contributed by atoms with E-state index in [1.54, 1.807) is 0 Å². The van der Waals surface area contributed by atoms with Gasteiger partial charge in [-0.15, -0.1) is 9.24 Å². The Morgan fingerprint density at radius 3 is 1.05 bits per heavy atom. The third-order valence-electron chi connectivity index (χ3n) is 4.95. The van der Waals surface area contributed by atoms with Crippen LogP contribution >= 0.6 is 46.0 Å². The van der Waals surface area contributed by atoms with Crippen LogP contribution in [0.15, 0.2) is 30.3 Å². The van der Waals surface area contributed by atoms with E-state index in [-0.39, 0.29) is 0 Å². The second-order valence-electron chi connectivity index (χ2n) is 6.09. The fourth-order valence-electron chi connectivity index (χ4n) is 2.85. The third kappa shape index (κ3) is 10.4. The van der Waals surface area contributed by atoms with E-state index in [2.05, 4.69) is 43.9 Å². The van der Waals surface area contributed by atoms with Crippen LogP contribution in [0.3, 0.4) is 0 Å². The van der Waals surface area contributed by atoms with E-state index in [1.165, 1.54) is 5.30 Å². The Bertz CT molecular complexity index is 360. The molecule has 0 nitrogen and oxygen atoms in total. The molecular formula is C16H27Cl4PTa. The molecule has 1 unspecified atom stereocenters. The first kappa shape index (κ1) is 23.6. The predicted octanol–water partition coefficient (Wildman–Crippen LogP) is 7.12. The van der Waals surface area contributed by atoms with Gasteiger partial charge in [0.05, 0.1) is 0 Å². The van der Waals surface area contributed by atoms with Gasteiger partial charge in [0.25, 0.3) is 0 Å². The standard InChI is InChI=1S/C10H20.C6H7P.4ClH.Ta/c1-6-7(2)9(4)10(5)8(6)3;7-6-4-2-1-3-5-6;;;;;/h6-10H,1-5H3;1-5H,7H2;4*1H;/q;;;;;;+4/p-4. The maximum atomic E-state index is 5.04. The van der Waals surface area contributed by atoms with Crippen LogP contribution in [0.2, 0.25) is 0 Å². The molecule has 0 amide bonds. The summed E-state index contributed by atoms with van der Waals surface area (Å²) in [5, 5.41) is 1.24. The van der Waals surface area contributed by atoms with E-state index >= 15 is 0 Å². The number of rotatable bonds is 0. The van der Waals surface area contributed by atoms with Crippen LogP contribution < -0.4 is 5.30 Å². The molecule has 0 saturated heterocycles. The Morgan fingerprint density at radius 2 is 0.909 bits per heavy atom. The van der Waals surface area contributed by atoms with Crippen molar-refractivity contribution < 1.29 is 12.8 Å². The molecule has 1 saturated carbocycles. The molecule has 1 aromatic rings. The summed E-state index contributed by atoms with van der Waals surface area (Å²) in [4.78, 5) is 0. The monoisotopic (exact) mass is 571 g/mol. The topological polar surface area (TPSA) is 0 Å². The number of benzene rings is 1. The van der Waals surface area contributed by atoms with Gasteiger partial charge >= 0.3 is 49.6 Å². The van der Waals surface area contributed by atoms with Crippen molar-refractivity contribution in [2.24, 2.45) is 29.6 Å². The van der Waals surface area contributed by atoms with E-state index in [0.29, 0.717) is 0 Å². The molecule has 6 heteroatoms. The van der Waals surface area contributed by atoms with Crippen molar-refractivity contribution in [3.63, 3.8) is 0 Å². The average molecular weight is 573 g/mol. The molecule has 1 aliphatic rings. The van der Waals surface area contributed by atoms with Crippen LogP contribution in [0.1, 0.15) is 34.6 Å². The molecule has 129 valence electrons. The average Bonchev–Trinajstić information content (AvgIpc) is 2.57. The van der Waals surface area contributed by atoms with Crippen LogP contribution in [0, 0.1) is 29.6 Å². The van der Waals surface area contributed by atoms with Crippen molar-refractivity contribution in [2.75, 3.05) is 0 Å². The molecule has 0 heterocycles. The summed E-state index contributed by atoms with van der Waals surface area (Å²) in [6, 6.07) is 10.1. The van der Waals surface area contributed by atoms with Crippen molar-refractivity contribution >= 4 is 51.3 Å². The molecule has 1 atom stereocenters. The first-order valence-electron chi connectivity index (χ1n) is 7.43. The molecule has 1 aromatic carbocycles. The van der Waals surface area contributed by atoms with Gasteiger partial charge in [-0.3, -0.25) is 0 Å². The van der Waals surface area contributed by atoms with Gasteiger partial charge in [-0.05, 0) is 34.9 Å². The summed E-state index contributed by atoms with van der Waals surface area (Å²) in [6.45, 7) is 12.0. The van der Waals surface area contributed by atoms with Gasteiger partial charge in [0.1, 0.15) is 0 Å². The Balaban J connectivity index is 0.000000322. The van der Waals surface area contributed by atoms with E-state index in [9.17, 15) is 0 Å². The van der Waals surface area contributed by atoms with Crippen molar-refractivity contribution in [2.45, 2.75) is 34.6 Å². The molecule has 0 aromatic heterocycles. The van der Waals surface area contributed by atoms with E-state index in [0.717, 1.165) is 29.6 Å². The Hall–Kier alpha value is 1.55. The second-order valence-corrected chi connectivity index (χ2v) is 34.6. The summed E-state index contributed by atoms with van der Waals surface area (Å²) < 4.78 is 0. The minimum atomic E-state index is -3.33. The molecule has 0 N–H and O–H groups in total. The van der Waals surface area contributed by atoms with Crippen LogP contribution in [-0.2, 0) is 12.8 Å². The Labute approximate surface area is 157 Å². The molecule has 22 heavy (non-hydrogen) atoms. The Morgan fingerprint density at radius 1 is 0.682 bits per heavy atom. The van der Waals surface area contributed by atoms with Gasteiger partial charge in [-0.1, -0.05) is 65.0 Å². The molecular weight excluding hydrogens is 546 g/mol. The van der Waals surface area contributed by atoms with Gasteiger partial charge in [0, 0.05) is 0 Å². The molecule has 0 radical (unpaired) electrons. The maximum absolute atomic E-state index is 5.04. The zero-order valence-corrected chi connectivity index (χ0v) is 21.2. The first-order chi connectivity index (χ1) is 9.95. The fourth-order valence-corrected chi connectivity index (χ4v) is 3.07. The number of hydrogen-bond acceptors (Lipinski definition) is 0. The summed E-state index contributed by atoms with van der Waals surface area (Å²) >= 11 is -3.33. The number of halogens is 4. The number of hydrogen-bond donors (Lipinski definition) is 0. The van der Waals surface area contributed by atoms with E-state index in [1.807, 2.05) is 30.3 Å². The normalized spacial score (nSPS) is 30.7. The molecule has 0 bridgehead atoms. The van der Waals surface area contributed by atoms with Crippen molar-refractivity contribution in [3.05, 3.63) is 30.3 Å². The van der Waals surface area contributed by atoms with Crippen molar-refractivity contribution in [1.82, 2.24) is 0 Å². The zero-order chi connectivity index (χ0) is 17.5. The second kappa shape index (κ2) is 11.2. The van der Waals surface area contributed by atoms with Gasteiger partial charge in [0.2, 0.25) is 0 Å². The summed E-state index contributed by atoms with van der Waals surface area (Å²) in [6.07, 6.45) is 0. The van der Waals surface area contributed by atoms with Crippen LogP contribution in [0.5, 0.6) is 0 Å². The molecule has 2 rings (SSSR count). The molecule has 0 aliphatic heterocycles. The first-order valence-corrected chi connectivity index (χ1v) is 23.9. The molecule has 1 fully saturated rings. The van der Waals surface area contributed by atoms with Crippen LogP contribution in [-0.4, -0.2) is 0 Å². The summed E-state index contributed by atoms with van der Waals surface area (Å²) in [7, 11) is 22.8. The summed E-state index contributed by atoms with van der Waals surface area (Å²) in [5.41, 5.74) is 0. The fraction of sp³-hybridized carbons (Fsp3) is 0.625. The molecule has 1 aliphatic carbocycles. The zero-order valence-electron chi connectivity index (χ0n) is 13.8. The van der Waals surface area contributed by atoms with Gasteiger partial charge in [-0.2, -0.15) is 0 Å². The third-order valence-corrected chi connectivity index (χ3v) is 5.33. The SMILES string of the molecule is CC1C(C)C(C)C(C)C1C.Pc1ccccc1.[Cl][Ta]([Cl])([Cl])[Cl]. The van der Waals surface area contributed by atoms with Crippen LogP contribution in [0.25, 0.3) is 0 Å². The summed E-state index contributed by atoms with van der Waals surface area (Å²) in [5.74, 6) is 4.68. The minimum absolute atomic E-state index is 0.935. The van der Waals surface area contributed by atoms with Gasteiger partial charge < -0.3 is 0 Å². The van der Waals surface area contributed by atoms with Gasteiger partial charge in [0.15, 0.2) is 0 Å². The molecule has 0 spiro atoms. The quantitative estimate of drug-likeness (QED) is 0.290.